The molecule has 1 unspecified atom stereocenters. The number of aryl methyl sites for hydroxylation is 1. The molecule has 0 aromatic heterocycles. The lowest BCUT2D eigenvalue weighted by Gasteiger charge is -2.25. The fourth-order valence-electron chi connectivity index (χ4n) is 1.83. The molecule has 1 rings (SSSR count). The summed E-state index contributed by atoms with van der Waals surface area (Å²) in [6, 6.07) is 8.26. The van der Waals surface area contributed by atoms with E-state index in [0.29, 0.717) is 12.8 Å². The molecule has 1 aromatic rings. The monoisotopic (exact) mass is 222 g/mol. The van der Waals surface area contributed by atoms with Crippen LogP contribution >= 0.6 is 0 Å². The van der Waals surface area contributed by atoms with E-state index < -0.39 is 0 Å². The van der Waals surface area contributed by atoms with E-state index in [2.05, 4.69) is 25.1 Å². The van der Waals surface area contributed by atoms with Crippen LogP contribution in [0.1, 0.15) is 31.4 Å². The average molecular weight is 222 g/mol. The zero-order valence-corrected chi connectivity index (χ0v) is 10.7. The van der Waals surface area contributed by atoms with Crippen LogP contribution in [0.2, 0.25) is 0 Å². The molecular weight excluding hydrogens is 200 g/mol. The molecule has 90 valence electrons. The van der Waals surface area contributed by atoms with Gasteiger partial charge in [0.25, 0.3) is 0 Å². The van der Waals surface area contributed by atoms with Gasteiger partial charge in [-0.2, -0.15) is 0 Å². The fourth-order valence-corrected chi connectivity index (χ4v) is 1.83. The summed E-state index contributed by atoms with van der Waals surface area (Å²) in [7, 11) is 1.68. The lowest BCUT2D eigenvalue weighted by atomic mass is 9.95. The van der Waals surface area contributed by atoms with E-state index in [0.717, 1.165) is 0 Å². The lowest BCUT2D eigenvalue weighted by molar-refractivity contribution is -0.0190. The number of rotatable bonds is 5. The quantitative estimate of drug-likeness (QED) is 0.830. The van der Waals surface area contributed by atoms with Gasteiger partial charge in [0.05, 0.1) is 11.7 Å². The number of hydrogen-bond donors (Lipinski definition) is 1. The fraction of sp³-hybridized carbons (Fsp3) is 0.571. The van der Waals surface area contributed by atoms with E-state index in [1.54, 1.807) is 7.11 Å². The van der Waals surface area contributed by atoms with Crippen molar-refractivity contribution in [1.82, 2.24) is 0 Å². The molecule has 0 aliphatic rings. The van der Waals surface area contributed by atoms with Gasteiger partial charge in [-0.05, 0) is 32.8 Å². The van der Waals surface area contributed by atoms with E-state index in [9.17, 15) is 5.11 Å². The van der Waals surface area contributed by atoms with Gasteiger partial charge in [-0.15, -0.1) is 0 Å². The van der Waals surface area contributed by atoms with E-state index in [1.807, 2.05) is 19.9 Å². The Balaban J connectivity index is 2.55. The summed E-state index contributed by atoms with van der Waals surface area (Å²) >= 11 is 0. The van der Waals surface area contributed by atoms with Crippen LogP contribution in [0, 0.1) is 6.92 Å². The molecule has 0 saturated carbocycles. The van der Waals surface area contributed by atoms with Crippen molar-refractivity contribution in [2.24, 2.45) is 0 Å². The molecule has 0 saturated heterocycles. The third-order valence-electron chi connectivity index (χ3n) is 2.83. The Bertz CT molecular complexity index is 331. The van der Waals surface area contributed by atoms with Gasteiger partial charge < -0.3 is 9.84 Å². The maximum Gasteiger partial charge on any atom is 0.0647 e. The number of ether oxygens (including phenoxy) is 1. The molecule has 0 aliphatic carbocycles. The largest absolute Gasteiger partial charge is 0.393 e. The predicted molar refractivity (Wildman–Crippen MR) is 66.6 cm³/mol. The minimum atomic E-state index is -0.350. The summed E-state index contributed by atoms with van der Waals surface area (Å²) in [6.45, 7) is 6.05. The van der Waals surface area contributed by atoms with E-state index in [-0.39, 0.29) is 11.7 Å². The first kappa shape index (κ1) is 13.2. The summed E-state index contributed by atoms with van der Waals surface area (Å²) in [6.07, 6.45) is 0.989. The second-order valence-corrected chi connectivity index (χ2v) is 5.01. The maximum atomic E-state index is 9.98. The van der Waals surface area contributed by atoms with Gasteiger partial charge in [0.15, 0.2) is 0 Å². The molecule has 0 aliphatic heterocycles. The molecule has 0 radical (unpaired) electrons. The predicted octanol–water partition coefficient (Wildman–Crippen LogP) is 2.71. The number of aliphatic hydroxyl groups excluding tert-OH is 1. The van der Waals surface area contributed by atoms with Crippen molar-refractivity contribution in [1.29, 1.82) is 0 Å². The van der Waals surface area contributed by atoms with Crippen molar-refractivity contribution in [2.45, 2.75) is 45.3 Å². The minimum absolute atomic E-state index is 0.261. The van der Waals surface area contributed by atoms with E-state index in [1.165, 1.54) is 11.1 Å². The van der Waals surface area contributed by atoms with Crippen LogP contribution in [0.15, 0.2) is 24.3 Å². The van der Waals surface area contributed by atoms with Crippen LogP contribution in [-0.4, -0.2) is 23.9 Å². The van der Waals surface area contributed by atoms with Crippen molar-refractivity contribution in [3.05, 3.63) is 35.4 Å². The lowest BCUT2D eigenvalue weighted by Crippen LogP contribution is -2.29. The highest BCUT2D eigenvalue weighted by molar-refractivity contribution is 5.22. The van der Waals surface area contributed by atoms with Crippen LogP contribution in [-0.2, 0) is 11.2 Å². The summed E-state index contributed by atoms with van der Waals surface area (Å²) in [5.41, 5.74) is 2.15. The average Bonchev–Trinajstić information content (AvgIpc) is 2.16. The first-order chi connectivity index (χ1) is 7.43. The van der Waals surface area contributed by atoms with Crippen molar-refractivity contribution in [3.8, 4) is 0 Å². The topological polar surface area (TPSA) is 29.5 Å². The number of methoxy groups -OCH3 is 1. The molecule has 0 fully saturated rings. The third kappa shape index (κ3) is 4.33. The van der Waals surface area contributed by atoms with Crippen LogP contribution in [0.5, 0.6) is 0 Å². The third-order valence-corrected chi connectivity index (χ3v) is 2.83. The van der Waals surface area contributed by atoms with Crippen molar-refractivity contribution < 1.29 is 9.84 Å². The highest BCUT2D eigenvalue weighted by Crippen LogP contribution is 2.18. The first-order valence-corrected chi connectivity index (χ1v) is 5.72. The maximum absolute atomic E-state index is 9.98. The second-order valence-electron chi connectivity index (χ2n) is 5.01. The Kier molecular flexibility index (Phi) is 4.51. The zero-order chi connectivity index (χ0) is 12.2. The van der Waals surface area contributed by atoms with Gasteiger partial charge in [0.2, 0.25) is 0 Å². The smallest absolute Gasteiger partial charge is 0.0647 e. The van der Waals surface area contributed by atoms with Crippen LogP contribution in [0.3, 0.4) is 0 Å². The Morgan fingerprint density at radius 2 is 2.06 bits per heavy atom. The van der Waals surface area contributed by atoms with E-state index in [4.69, 9.17) is 4.74 Å². The van der Waals surface area contributed by atoms with Crippen molar-refractivity contribution in [3.63, 3.8) is 0 Å². The van der Waals surface area contributed by atoms with Crippen LogP contribution in [0.4, 0.5) is 0 Å². The first-order valence-electron chi connectivity index (χ1n) is 5.72. The molecule has 0 heterocycles. The molecule has 2 heteroatoms. The Hall–Kier alpha value is -0.860. The molecule has 0 bridgehead atoms. The molecular formula is C14H22O2. The van der Waals surface area contributed by atoms with E-state index >= 15 is 0 Å². The van der Waals surface area contributed by atoms with Gasteiger partial charge in [-0.1, -0.05) is 29.8 Å². The van der Waals surface area contributed by atoms with Crippen molar-refractivity contribution in [2.75, 3.05) is 7.11 Å². The molecule has 1 N–H and O–H groups in total. The summed E-state index contributed by atoms with van der Waals surface area (Å²) < 4.78 is 5.31. The zero-order valence-electron chi connectivity index (χ0n) is 10.7. The number of aliphatic hydroxyl groups is 1. The van der Waals surface area contributed by atoms with Gasteiger partial charge in [-0.25, -0.2) is 0 Å². The van der Waals surface area contributed by atoms with Gasteiger partial charge >= 0.3 is 0 Å². The SMILES string of the molecule is COC(C)(C)CC(O)Cc1cccc(C)c1. The second kappa shape index (κ2) is 5.46. The Morgan fingerprint density at radius 1 is 1.38 bits per heavy atom. The van der Waals surface area contributed by atoms with Crippen LogP contribution < -0.4 is 0 Å². The molecule has 16 heavy (non-hydrogen) atoms. The Labute approximate surface area is 98.3 Å². The van der Waals surface area contributed by atoms with Gasteiger partial charge in [-0.3, -0.25) is 0 Å². The van der Waals surface area contributed by atoms with Crippen LogP contribution in [0.25, 0.3) is 0 Å². The summed E-state index contributed by atoms with van der Waals surface area (Å²) in [5, 5.41) is 9.98. The number of benzene rings is 1. The summed E-state index contributed by atoms with van der Waals surface area (Å²) in [4.78, 5) is 0. The standard InChI is InChI=1S/C14H22O2/c1-11-6-5-7-12(8-11)9-13(15)10-14(2,3)16-4/h5-8,13,15H,9-10H2,1-4H3. The molecule has 0 spiro atoms. The highest BCUT2D eigenvalue weighted by Gasteiger charge is 2.21. The highest BCUT2D eigenvalue weighted by atomic mass is 16.5. The normalized spacial score (nSPS) is 13.8. The Morgan fingerprint density at radius 3 is 2.62 bits per heavy atom. The van der Waals surface area contributed by atoms with Crippen molar-refractivity contribution >= 4 is 0 Å². The molecule has 0 amide bonds. The summed E-state index contributed by atoms with van der Waals surface area (Å²) in [5.74, 6) is 0. The molecule has 1 aromatic carbocycles. The molecule has 1 atom stereocenters. The minimum Gasteiger partial charge on any atom is -0.393 e. The number of hydrogen-bond acceptors (Lipinski definition) is 2. The molecule has 2 nitrogen and oxygen atoms in total. The van der Waals surface area contributed by atoms with Gasteiger partial charge in [0.1, 0.15) is 0 Å². The van der Waals surface area contributed by atoms with Gasteiger partial charge in [0, 0.05) is 13.5 Å².